The number of rotatable bonds is 3. The number of carbonyl (C=O) groups is 2. The molecule has 0 saturated carbocycles. The van der Waals surface area contributed by atoms with E-state index >= 15 is 0 Å². The number of nitrogens with zero attached hydrogens (tertiary/aromatic N) is 1. The number of hydrogen-bond acceptors (Lipinski definition) is 3. The number of carboxylic acids is 1. The quantitative estimate of drug-likeness (QED) is 0.920. The fourth-order valence-corrected chi connectivity index (χ4v) is 2.85. The molecule has 2 aromatic carbocycles. The summed E-state index contributed by atoms with van der Waals surface area (Å²) in [6, 6.07) is 11.7. The van der Waals surface area contributed by atoms with Crippen molar-refractivity contribution >= 4 is 29.2 Å². The molecular formula is C18H16ClNO4. The third kappa shape index (κ3) is 2.83. The number of fused-ring (bicyclic) bond motifs is 1. The summed E-state index contributed by atoms with van der Waals surface area (Å²) in [5, 5.41) is 9.76. The molecule has 0 unspecified atom stereocenters. The topological polar surface area (TPSA) is 66.8 Å². The van der Waals surface area contributed by atoms with Crippen LogP contribution in [0.2, 0.25) is 5.02 Å². The summed E-state index contributed by atoms with van der Waals surface area (Å²) < 4.78 is 5.75. The van der Waals surface area contributed by atoms with Crippen molar-refractivity contribution in [3.63, 3.8) is 0 Å². The van der Waals surface area contributed by atoms with Crippen LogP contribution >= 0.6 is 11.6 Å². The zero-order chi connectivity index (χ0) is 17.5. The molecule has 0 bridgehead atoms. The van der Waals surface area contributed by atoms with Crippen LogP contribution in [0, 0.1) is 0 Å². The summed E-state index contributed by atoms with van der Waals surface area (Å²) in [7, 11) is 0. The Labute approximate surface area is 144 Å². The van der Waals surface area contributed by atoms with Gasteiger partial charge in [-0.05, 0) is 43.7 Å². The van der Waals surface area contributed by atoms with Crippen LogP contribution in [0.15, 0.2) is 42.5 Å². The van der Waals surface area contributed by atoms with Crippen molar-refractivity contribution in [2.24, 2.45) is 0 Å². The fourth-order valence-electron chi connectivity index (χ4n) is 2.65. The smallest absolute Gasteiger partial charge is 0.335 e. The molecule has 124 valence electrons. The van der Waals surface area contributed by atoms with Crippen molar-refractivity contribution in [1.82, 2.24) is 0 Å². The minimum absolute atomic E-state index is 0.0917. The van der Waals surface area contributed by atoms with E-state index in [1.54, 1.807) is 26.0 Å². The Morgan fingerprint density at radius 2 is 1.96 bits per heavy atom. The number of amides is 1. The van der Waals surface area contributed by atoms with Gasteiger partial charge in [0.25, 0.3) is 5.91 Å². The van der Waals surface area contributed by atoms with Crippen LogP contribution < -0.4 is 9.64 Å². The maximum absolute atomic E-state index is 12.8. The predicted octanol–water partition coefficient (Wildman–Crippen LogP) is 3.74. The molecule has 0 aromatic heterocycles. The van der Waals surface area contributed by atoms with Gasteiger partial charge in [0, 0.05) is 5.02 Å². The van der Waals surface area contributed by atoms with Gasteiger partial charge >= 0.3 is 5.97 Å². The first kappa shape index (κ1) is 16.3. The van der Waals surface area contributed by atoms with Crippen molar-refractivity contribution in [2.45, 2.75) is 26.0 Å². The molecule has 0 radical (unpaired) electrons. The van der Waals surface area contributed by atoms with E-state index in [1.165, 1.54) is 17.0 Å². The SMILES string of the molecule is CC1(C)Oc2ccc(C(=O)O)cc2N(Cc2ccccc2Cl)C1=O. The molecule has 1 N–H and O–H groups in total. The summed E-state index contributed by atoms with van der Waals surface area (Å²) in [6.07, 6.45) is 0. The van der Waals surface area contributed by atoms with E-state index in [1.807, 2.05) is 18.2 Å². The third-order valence-corrected chi connectivity index (χ3v) is 4.28. The van der Waals surface area contributed by atoms with Gasteiger partial charge in [-0.1, -0.05) is 29.8 Å². The number of carboxylic acid groups (broad SMARTS) is 1. The highest BCUT2D eigenvalue weighted by Gasteiger charge is 2.41. The molecule has 24 heavy (non-hydrogen) atoms. The number of carbonyl (C=O) groups excluding carboxylic acids is 1. The number of hydrogen-bond donors (Lipinski definition) is 1. The highest BCUT2D eigenvalue weighted by atomic mass is 35.5. The summed E-state index contributed by atoms with van der Waals surface area (Å²) in [5.74, 6) is -0.845. The van der Waals surface area contributed by atoms with E-state index in [-0.39, 0.29) is 18.0 Å². The van der Waals surface area contributed by atoms with Crippen molar-refractivity contribution in [3.05, 3.63) is 58.6 Å². The number of anilines is 1. The molecule has 5 nitrogen and oxygen atoms in total. The standard InChI is InChI=1S/C18H16ClNO4/c1-18(2)17(23)20(10-12-5-3-4-6-13(12)19)14-9-11(16(21)22)7-8-15(14)24-18/h3-9H,10H2,1-2H3,(H,21,22). The van der Waals surface area contributed by atoms with E-state index in [0.717, 1.165) is 5.56 Å². The van der Waals surface area contributed by atoms with E-state index in [2.05, 4.69) is 0 Å². The van der Waals surface area contributed by atoms with Gasteiger partial charge in [0.05, 0.1) is 17.8 Å². The first-order valence-electron chi connectivity index (χ1n) is 7.41. The highest BCUT2D eigenvalue weighted by molar-refractivity contribution is 6.31. The Hall–Kier alpha value is -2.53. The normalized spacial score (nSPS) is 15.6. The lowest BCUT2D eigenvalue weighted by Crippen LogP contribution is -2.52. The molecule has 0 atom stereocenters. The van der Waals surface area contributed by atoms with Crippen LogP contribution in [0.1, 0.15) is 29.8 Å². The number of aromatic carboxylic acids is 1. The molecular weight excluding hydrogens is 330 g/mol. The van der Waals surface area contributed by atoms with Crippen molar-refractivity contribution in [3.8, 4) is 5.75 Å². The first-order valence-corrected chi connectivity index (χ1v) is 7.79. The Morgan fingerprint density at radius 1 is 1.25 bits per heavy atom. The molecule has 0 aliphatic carbocycles. The van der Waals surface area contributed by atoms with Crippen molar-refractivity contribution in [2.75, 3.05) is 4.90 Å². The molecule has 1 heterocycles. The van der Waals surface area contributed by atoms with Gasteiger partial charge in [0.15, 0.2) is 5.60 Å². The second-order valence-corrected chi connectivity index (χ2v) is 6.49. The molecule has 2 aromatic rings. The summed E-state index contributed by atoms with van der Waals surface area (Å²) >= 11 is 6.21. The molecule has 0 saturated heterocycles. The second kappa shape index (κ2) is 5.83. The lowest BCUT2D eigenvalue weighted by molar-refractivity contribution is -0.132. The Morgan fingerprint density at radius 3 is 2.62 bits per heavy atom. The average Bonchev–Trinajstić information content (AvgIpc) is 2.52. The summed E-state index contributed by atoms with van der Waals surface area (Å²) in [5.41, 5.74) is 0.254. The number of ether oxygens (including phenoxy) is 1. The first-order chi connectivity index (χ1) is 11.3. The Bertz CT molecular complexity index is 832. The van der Waals surface area contributed by atoms with Crippen LogP contribution in [0.5, 0.6) is 5.75 Å². The molecule has 1 aliphatic rings. The van der Waals surface area contributed by atoms with Crippen molar-refractivity contribution in [1.29, 1.82) is 0 Å². The van der Waals surface area contributed by atoms with Gasteiger partial charge in [-0.15, -0.1) is 0 Å². The van der Waals surface area contributed by atoms with Gasteiger partial charge in [-0.25, -0.2) is 4.79 Å². The van der Waals surface area contributed by atoms with Gasteiger partial charge in [-0.2, -0.15) is 0 Å². The van der Waals surface area contributed by atoms with Crippen molar-refractivity contribution < 1.29 is 19.4 Å². The van der Waals surface area contributed by atoms with Gasteiger partial charge in [0.2, 0.25) is 0 Å². The molecule has 0 fully saturated rings. The molecule has 0 spiro atoms. The number of benzene rings is 2. The minimum atomic E-state index is -1.06. The molecule has 3 rings (SSSR count). The zero-order valence-corrected chi connectivity index (χ0v) is 14.0. The maximum Gasteiger partial charge on any atom is 0.335 e. The maximum atomic E-state index is 12.8. The fraction of sp³-hybridized carbons (Fsp3) is 0.222. The zero-order valence-electron chi connectivity index (χ0n) is 13.2. The lowest BCUT2D eigenvalue weighted by atomic mass is 10.0. The van der Waals surface area contributed by atoms with E-state index < -0.39 is 11.6 Å². The summed E-state index contributed by atoms with van der Waals surface area (Å²) in [6.45, 7) is 3.60. The van der Waals surface area contributed by atoms with Crippen LogP contribution in [0.3, 0.4) is 0 Å². The predicted molar refractivity (Wildman–Crippen MR) is 90.8 cm³/mol. The van der Waals surface area contributed by atoms with E-state index in [0.29, 0.717) is 16.5 Å². The largest absolute Gasteiger partial charge is 0.478 e. The monoisotopic (exact) mass is 345 g/mol. The van der Waals surface area contributed by atoms with Crippen LogP contribution in [0.25, 0.3) is 0 Å². The lowest BCUT2D eigenvalue weighted by Gasteiger charge is -2.39. The Kier molecular flexibility index (Phi) is 3.97. The second-order valence-electron chi connectivity index (χ2n) is 6.08. The highest BCUT2D eigenvalue weighted by Crippen LogP contribution is 2.39. The third-order valence-electron chi connectivity index (χ3n) is 3.91. The molecule has 1 amide bonds. The van der Waals surface area contributed by atoms with Gasteiger partial charge in [-0.3, -0.25) is 4.79 Å². The molecule has 1 aliphatic heterocycles. The molecule has 6 heteroatoms. The van der Waals surface area contributed by atoms with Gasteiger partial charge in [0.1, 0.15) is 5.75 Å². The Balaban J connectivity index is 2.10. The van der Waals surface area contributed by atoms with Crippen LogP contribution in [-0.4, -0.2) is 22.6 Å². The number of halogens is 1. The summed E-state index contributed by atoms with van der Waals surface area (Å²) in [4.78, 5) is 25.6. The van der Waals surface area contributed by atoms with Crippen LogP contribution in [-0.2, 0) is 11.3 Å². The van der Waals surface area contributed by atoms with E-state index in [9.17, 15) is 14.7 Å². The van der Waals surface area contributed by atoms with Crippen LogP contribution in [0.4, 0.5) is 5.69 Å². The average molecular weight is 346 g/mol. The minimum Gasteiger partial charge on any atom is -0.478 e. The van der Waals surface area contributed by atoms with E-state index in [4.69, 9.17) is 16.3 Å². The van der Waals surface area contributed by atoms with Gasteiger partial charge < -0.3 is 14.7 Å².